The molecule has 0 bridgehead atoms. The fraction of sp³-hybridized carbons (Fsp3) is 0.267. The van der Waals surface area contributed by atoms with Crippen molar-refractivity contribution in [2.45, 2.75) is 32.8 Å². The summed E-state index contributed by atoms with van der Waals surface area (Å²) >= 11 is 13.6. The van der Waals surface area contributed by atoms with Crippen molar-refractivity contribution in [2.75, 3.05) is 24.5 Å². The quantitative estimate of drug-likeness (QED) is 0.271. The Kier molecular flexibility index (Phi) is 8.62. The Morgan fingerprint density at radius 3 is 2.47 bits per heavy atom. The molecule has 2 saturated heterocycles. The molecule has 196 valence electrons. The van der Waals surface area contributed by atoms with E-state index in [2.05, 4.69) is 17.0 Å². The van der Waals surface area contributed by atoms with Crippen LogP contribution in [0, 0.1) is 0 Å². The number of halogens is 2. The zero-order chi connectivity index (χ0) is 26.5. The summed E-state index contributed by atoms with van der Waals surface area (Å²) in [6.45, 7) is 5.05. The van der Waals surface area contributed by atoms with Gasteiger partial charge in [0.1, 0.15) is 12.4 Å². The van der Waals surface area contributed by atoms with Gasteiger partial charge in [0.05, 0.1) is 20.6 Å². The van der Waals surface area contributed by atoms with Crippen LogP contribution in [-0.4, -0.2) is 35.6 Å². The molecule has 5 nitrogen and oxygen atoms in total. The van der Waals surface area contributed by atoms with Crippen molar-refractivity contribution in [1.82, 2.24) is 4.90 Å². The number of carbonyl (C=O) groups is 1. The number of amidine groups is 1. The van der Waals surface area contributed by atoms with Crippen LogP contribution < -0.4 is 9.64 Å². The second-order valence-corrected chi connectivity index (χ2v) is 11.0. The minimum absolute atomic E-state index is 0.0551. The van der Waals surface area contributed by atoms with E-state index in [0.717, 1.165) is 29.9 Å². The molecule has 2 fully saturated rings. The molecule has 0 atom stereocenters. The third kappa shape index (κ3) is 6.20. The fourth-order valence-corrected chi connectivity index (χ4v) is 5.91. The standard InChI is InChI=1S/C30H29Cl2N3O2S/c1-2-35-29(36)28(38-30(35)33-23-11-13-24(14-12-23)34-16-6-3-7-17-34)19-22-8-4-5-9-27(22)37-20-21-10-15-25(31)26(32)18-21/h4-5,8-15,18-19H,2-3,6-7,16-17,20H2,1H3/b28-19-,33-30?. The molecular weight excluding hydrogens is 537 g/mol. The number of hydrogen-bond acceptors (Lipinski definition) is 5. The van der Waals surface area contributed by atoms with Crippen LogP contribution in [-0.2, 0) is 11.4 Å². The van der Waals surface area contributed by atoms with Gasteiger partial charge < -0.3 is 9.64 Å². The van der Waals surface area contributed by atoms with Crippen LogP contribution in [0.1, 0.15) is 37.3 Å². The van der Waals surface area contributed by atoms with Crippen LogP contribution in [0.3, 0.4) is 0 Å². The first-order chi connectivity index (χ1) is 18.5. The molecule has 0 N–H and O–H groups in total. The summed E-state index contributed by atoms with van der Waals surface area (Å²) in [6, 6.07) is 21.4. The summed E-state index contributed by atoms with van der Waals surface area (Å²) in [6.07, 6.45) is 5.67. The molecule has 0 saturated carbocycles. The topological polar surface area (TPSA) is 45.1 Å². The molecule has 0 aromatic heterocycles. The van der Waals surface area contributed by atoms with E-state index in [1.807, 2.05) is 55.5 Å². The lowest BCUT2D eigenvalue weighted by Crippen LogP contribution is -2.29. The Hall–Kier alpha value is -2.93. The molecular formula is C30H29Cl2N3O2S. The van der Waals surface area contributed by atoms with E-state index < -0.39 is 0 Å². The van der Waals surface area contributed by atoms with Gasteiger partial charge >= 0.3 is 0 Å². The zero-order valence-electron chi connectivity index (χ0n) is 21.2. The number of hydrogen-bond donors (Lipinski definition) is 0. The molecule has 0 aliphatic carbocycles. The first-order valence-electron chi connectivity index (χ1n) is 12.8. The minimum Gasteiger partial charge on any atom is -0.488 e. The fourth-order valence-electron chi connectivity index (χ4n) is 4.53. The van der Waals surface area contributed by atoms with Gasteiger partial charge in [-0.05, 0) is 92.1 Å². The highest BCUT2D eigenvalue weighted by molar-refractivity contribution is 8.18. The van der Waals surface area contributed by atoms with E-state index in [9.17, 15) is 4.79 Å². The number of anilines is 1. The zero-order valence-corrected chi connectivity index (χ0v) is 23.5. The average molecular weight is 567 g/mol. The maximum Gasteiger partial charge on any atom is 0.266 e. The molecule has 2 aliphatic rings. The number of thioether (sulfide) groups is 1. The maximum atomic E-state index is 13.2. The van der Waals surface area contributed by atoms with Crippen molar-refractivity contribution < 1.29 is 9.53 Å². The second-order valence-electron chi connectivity index (χ2n) is 9.19. The Morgan fingerprint density at radius 2 is 1.74 bits per heavy atom. The van der Waals surface area contributed by atoms with E-state index in [-0.39, 0.29) is 5.91 Å². The summed E-state index contributed by atoms with van der Waals surface area (Å²) in [5.74, 6) is 0.627. The normalized spacial score (nSPS) is 18.0. The molecule has 2 heterocycles. The van der Waals surface area contributed by atoms with Crippen molar-refractivity contribution in [3.63, 3.8) is 0 Å². The first kappa shape index (κ1) is 26.7. The highest BCUT2D eigenvalue weighted by atomic mass is 35.5. The Bertz CT molecular complexity index is 1370. The molecule has 3 aromatic carbocycles. The van der Waals surface area contributed by atoms with E-state index in [0.29, 0.717) is 39.0 Å². The van der Waals surface area contributed by atoms with Crippen LogP contribution in [0.4, 0.5) is 11.4 Å². The predicted molar refractivity (Wildman–Crippen MR) is 160 cm³/mol. The second kappa shape index (κ2) is 12.3. The highest BCUT2D eigenvalue weighted by Gasteiger charge is 2.32. The van der Waals surface area contributed by atoms with Gasteiger partial charge in [-0.15, -0.1) is 0 Å². The third-order valence-corrected chi connectivity index (χ3v) is 8.33. The van der Waals surface area contributed by atoms with Crippen molar-refractivity contribution >= 4 is 63.5 Å². The highest BCUT2D eigenvalue weighted by Crippen LogP contribution is 2.36. The number of piperidine rings is 1. The monoisotopic (exact) mass is 565 g/mol. The number of amides is 1. The van der Waals surface area contributed by atoms with Crippen LogP contribution >= 0.6 is 35.0 Å². The lowest BCUT2D eigenvalue weighted by molar-refractivity contribution is -0.122. The number of aliphatic imine (C=N–C) groups is 1. The summed E-state index contributed by atoms with van der Waals surface area (Å²) in [7, 11) is 0. The molecule has 3 aromatic rings. The van der Waals surface area contributed by atoms with Gasteiger partial charge in [0, 0.05) is 30.9 Å². The maximum absolute atomic E-state index is 13.2. The van der Waals surface area contributed by atoms with Crippen molar-refractivity contribution in [1.29, 1.82) is 0 Å². The van der Waals surface area contributed by atoms with Gasteiger partial charge in [0.15, 0.2) is 5.17 Å². The predicted octanol–water partition coefficient (Wildman–Crippen LogP) is 8.19. The lowest BCUT2D eigenvalue weighted by Gasteiger charge is -2.28. The summed E-state index contributed by atoms with van der Waals surface area (Å²) < 4.78 is 6.09. The number of likely N-dealkylation sites (N-methyl/N-ethyl adjacent to an activating group) is 1. The molecule has 8 heteroatoms. The van der Waals surface area contributed by atoms with Crippen molar-refractivity contribution in [3.8, 4) is 5.75 Å². The van der Waals surface area contributed by atoms with Gasteiger partial charge in [0.25, 0.3) is 5.91 Å². The van der Waals surface area contributed by atoms with Crippen LogP contribution in [0.5, 0.6) is 5.75 Å². The van der Waals surface area contributed by atoms with E-state index in [1.165, 1.54) is 36.7 Å². The number of rotatable bonds is 7. The third-order valence-electron chi connectivity index (χ3n) is 6.58. The smallest absolute Gasteiger partial charge is 0.266 e. The number of nitrogens with zero attached hydrogens (tertiary/aromatic N) is 3. The van der Waals surface area contributed by atoms with Gasteiger partial charge in [0.2, 0.25) is 0 Å². The first-order valence-corrected chi connectivity index (χ1v) is 14.4. The largest absolute Gasteiger partial charge is 0.488 e. The summed E-state index contributed by atoms with van der Waals surface area (Å²) in [5, 5.41) is 1.68. The van der Waals surface area contributed by atoms with Crippen LogP contribution in [0.25, 0.3) is 6.08 Å². The van der Waals surface area contributed by atoms with Gasteiger partial charge in [-0.25, -0.2) is 4.99 Å². The van der Waals surface area contributed by atoms with E-state index in [1.54, 1.807) is 17.0 Å². The number of benzene rings is 3. The Labute approximate surface area is 238 Å². The van der Waals surface area contributed by atoms with E-state index in [4.69, 9.17) is 32.9 Å². The minimum atomic E-state index is -0.0551. The Balaban J connectivity index is 1.33. The molecule has 0 radical (unpaired) electrons. The number of ether oxygens (including phenoxy) is 1. The van der Waals surface area contributed by atoms with E-state index >= 15 is 0 Å². The summed E-state index contributed by atoms with van der Waals surface area (Å²) in [5.41, 5.74) is 3.80. The summed E-state index contributed by atoms with van der Waals surface area (Å²) in [4.78, 5) is 22.8. The molecule has 0 spiro atoms. The van der Waals surface area contributed by atoms with Gasteiger partial charge in [-0.3, -0.25) is 9.69 Å². The molecule has 38 heavy (non-hydrogen) atoms. The van der Waals surface area contributed by atoms with Crippen LogP contribution in [0.2, 0.25) is 10.0 Å². The lowest BCUT2D eigenvalue weighted by atomic mass is 10.1. The van der Waals surface area contributed by atoms with Crippen LogP contribution in [0.15, 0.2) is 76.6 Å². The van der Waals surface area contributed by atoms with Gasteiger partial charge in [-0.2, -0.15) is 0 Å². The molecule has 0 unspecified atom stereocenters. The number of carbonyl (C=O) groups excluding carboxylic acids is 1. The Morgan fingerprint density at radius 1 is 0.974 bits per heavy atom. The molecule has 1 amide bonds. The van der Waals surface area contributed by atoms with Gasteiger partial charge in [-0.1, -0.05) is 47.5 Å². The van der Waals surface area contributed by atoms with Crippen molar-refractivity contribution in [2.24, 2.45) is 4.99 Å². The van der Waals surface area contributed by atoms with Crippen molar-refractivity contribution in [3.05, 3.63) is 92.8 Å². The molecule has 5 rings (SSSR count). The molecule has 2 aliphatic heterocycles. The average Bonchev–Trinajstić information content (AvgIpc) is 3.24. The number of para-hydroxylation sites is 1. The SMILES string of the molecule is CCN1C(=O)/C(=C/c2ccccc2OCc2ccc(Cl)c(Cl)c2)SC1=Nc1ccc(N2CCCCC2)cc1.